The van der Waals surface area contributed by atoms with Crippen LogP contribution in [0.1, 0.15) is 0 Å². The quantitative estimate of drug-likeness (QED) is 0.620. The number of carbonyl (C=O) groups excluding carboxylic acids is 4. The summed E-state index contributed by atoms with van der Waals surface area (Å²) in [7, 11) is 1.44. The van der Waals surface area contributed by atoms with Gasteiger partial charge < -0.3 is 15.0 Å². The standard InChI is InChI=1S/C14H13Cl2N3O5/c1-18-5-12(21)19(14(18)23)6-13(22)24-7-11(20)17-10-3-8(15)2-9(16)4-10/h2-4H,5-7H2,1H3,(H,17,20). The average Bonchev–Trinajstić information content (AvgIpc) is 2.70. The first-order chi connectivity index (χ1) is 11.3. The number of likely N-dealkylation sites (N-methyl/N-ethyl adjacent to an activating group) is 1. The van der Waals surface area contributed by atoms with Gasteiger partial charge in [0.05, 0.1) is 0 Å². The summed E-state index contributed by atoms with van der Waals surface area (Å²) in [5, 5.41) is 3.13. The van der Waals surface area contributed by atoms with E-state index in [1.807, 2.05) is 0 Å². The van der Waals surface area contributed by atoms with Crippen molar-refractivity contribution in [2.75, 3.05) is 32.1 Å². The fourth-order valence-electron chi connectivity index (χ4n) is 1.97. The first-order valence-electron chi connectivity index (χ1n) is 6.73. The number of anilines is 1. The van der Waals surface area contributed by atoms with Crippen molar-refractivity contribution in [2.45, 2.75) is 0 Å². The van der Waals surface area contributed by atoms with Gasteiger partial charge in [-0.25, -0.2) is 4.79 Å². The average molecular weight is 374 g/mol. The number of nitrogens with zero attached hydrogens (tertiary/aromatic N) is 2. The summed E-state index contributed by atoms with van der Waals surface area (Å²) in [6, 6.07) is 3.87. The SMILES string of the molecule is CN1CC(=O)N(CC(=O)OCC(=O)Nc2cc(Cl)cc(Cl)c2)C1=O. The Balaban J connectivity index is 1.82. The van der Waals surface area contributed by atoms with Crippen LogP contribution in [0, 0.1) is 0 Å². The summed E-state index contributed by atoms with van der Waals surface area (Å²) >= 11 is 11.6. The van der Waals surface area contributed by atoms with E-state index < -0.39 is 37.0 Å². The minimum Gasteiger partial charge on any atom is -0.454 e. The molecule has 0 atom stereocenters. The van der Waals surface area contributed by atoms with Crippen LogP contribution in [0.2, 0.25) is 10.0 Å². The van der Waals surface area contributed by atoms with Gasteiger partial charge in [0.25, 0.3) is 11.8 Å². The molecule has 128 valence electrons. The van der Waals surface area contributed by atoms with Crippen molar-refractivity contribution in [1.82, 2.24) is 9.80 Å². The van der Waals surface area contributed by atoms with Crippen LogP contribution in [-0.4, -0.2) is 60.4 Å². The maximum atomic E-state index is 11.7. The zero-order valence-corrected chi connectivity index (χ0v) is 14.1. The molecule has 1 N–H and O–H groups in total. The Bertz CT molecular complexity index is 689. The monoisotopic (exact) mass is 373 g/mol. The molecule has 0 bridgehead atoms. The van der Waals surface area contributed by atoms with Crippen molar-refractivity contribution in [1.29, 1.82) is 0 Å². The van der Waals surface area contributed by atoms with Gasteiger partial charge in [0.15, 0.2) is 6.61 Å². The second-order valence-corrected chi connectivity index (χ2v) is 5.86. The van der Waals surface area contributed by atoms with Gasteiger partial charge in [-0.15, -0.1) is 0 Å². The predicted molar refractivity (Wildman–Crippen MR) is 85.8 cm³/mol. The molecule has 24 heavy (non-hydrogen) atoms. The van der Waals surface area contributed by atoms with Crippen molar-refractivity contribution in [3.8, 4) is 0 Å². The number of hydrogen-bond acceptors (Lipinski definition) is 5. The number of halogens is 2. The van der Waals surface area contributed by atoms with Gasteiger partial charge in [0.2, 0.25) is 0 Å². The highest BCUT2D eigenvalue weighted by Gasteiger charge is 2.35. The van der Waals surface area contributed by atoms with Gasteiger partial charge in [0, 0.05) is 22.8 Å². The summed E-state index contributed by atoms with van der Waals surface area (Å²) in [5.41, 5.74) is 0.347. The van der Waals surface area contributed by atoms with Crippen LogP contribution in [0.25, 0.3) is 0 Å². The summed E-state index contributed by atoms with van der Waals surface area (Å²) in [6.07, 6.45) is 0. The summed E-state index contributed by atoms with van der Waals surface area (Å²) in [5.74, 6) is -1.98. The highest BCUT2D eigenvalue weighted by Crippen LogP contribution is 2.22. The van der Waals surface area contributed by atoms with Gasteiger partial charge >= 0.3 is 12.0 Å². The number of imide groups is 1. The van der Waals surface area contributed by atoms with Gasteiger partial charge in [-0.1, -0.05) is 23.2 Å². The minimum absolute atomic E-state index is 0.0951. The molecule has 0 aromatic heterocycles. The Hall–Kier alpha value is -2.32. The molecule has 0 saturated carbocycles. The Morgan fingerprint density at radius 1 is 1.21 bits per heavy atom. The van der Waals surface area contributed by atoms with Crippen LogP contribution >= 0.6 is 23.2 Å². The van der Waals surface area contributed by atoms with E-state index in [0.717, 1.165) is 4.90 Å². The van der Waals surface area contributed by atoms with Gasteiger partial charge in [-0.05, 0) is 18.2 Å². The number of esters is 1. The van der Waals surface area contributed by atoms with Crippen LogP contribution < -0.4 is 5.32 Å². The van der Waals surface area contributed by atoms with E-state index in [4.69, 9.17) is 27.9 Å². The molecule has 10 heteroatoms. The van der Waals surface area contributed by atoms with E-state index in [1.165, 1.54) is 30.1 Å². The van der Waals surface area contributed by atoms with Crippen molar-refractivity contribution in [3.63, 3.8) is 0 Å². The summed E-state index contributed by atoms with van der Waals surface area (Å²) in [6.45, 7) is -1.21. The molecule has 1 aromatic rings. The predicted octanol–water partition coefficient (Wildman–Crippen LogP) is 1.37. The zero-order chi connectivity index (χ0) is 17.9. The lowest BCUT2D eigenvalue weighted by Crippen LogP contribution is -2.37. The fourth-order valence-corrected chi connectivity index (χ4v) is 2.49. The topological polar surface area (TPSA) is 96.0 Å². The second-order valence-electron chi connectivity index (χ2n) is 4.99. The number of urea groups is 1. The normalized spacial score (nSPS) is 14.1. The summed E-state index contributed by atoms with van der Waals surface area (Å²) in [4.78, 5) is 48.5. The molecule has 2 rings (SSSR count). The van der Waals surface area contributed by atoms with Crippen molar-refractivity contribution in [2.24, 2.45) is 0 Å². The molecule has 0 unspecified atom stereocenters. The van der Waals surface area contributed by atoms with Crippen molar-refractivity contribution < 1.29 is 23.9 Å². The Kier molecular flexibility index (Phi) is 5.63. The molecule has 1 heterocycles. The third-order valence-electron chi connectivity index (χ3n) is 3.03. The van der Waals surface area contributed by atoms with Gasteiger partial charge in [-0.2, -0.15) is 0 Å². The molecule has 0 spiro atoms. The molecular weight excluding hydrogens is 361 g/mol. The molecule has 0 radical (unpaired) electrons. The number of carbonyl (C=O) groups is 4. The summed E-state index contributed by atoms with van der Waals surface area (Å²) < 4.78 is 4.75. The lowest BCUT2D eigenvalue weighted by atomic mass is 10.3. The maximum Gasteiger partial charge on any atom is 0.327 e. The molecule has 4 amide bonds. The molecule has 1 aromatic carbocycles. The molecule has 1 aliphatic heterocycles. The van der Waals surface area contributed by atoms with E-state index in [1.54, 1.807) is 0 Å². The van der Waals surface area contributed by atoms with E-state index >= 15 is 0 Å². The number of benzene rings is 1. The van der Waals surface area contributed by atoms with E-state index in [2.05, 4.69) is 5.32 Å². The van der Waals surface area contributed by atoms with Crippen LogP contribution in [0.5, 0.6) is 0 Å². The van der Waals surface area contributed by atoms with Gasteiger partial charge in [0.1, 0.15) is 13.1 Å². The first kappa shape index (κ1) is 18.0. The fraction of sp³-hybridized carbons (Fsp3) is 0.286. The third kappa shape index (κ3) is 4.59. The largest absolute Gasteiger partial charge is 0.454 e. The highest BCUT2D eigenvalue weighted by molar-refractivity contribution is 6.35. The number of ether oxygens (including phenoxy) is 1. The van der Waals surface area contributed by atoms with E-state index in [9.17, 15) is 19.2 Å². The number of amides is 4. The van der Waals surface area contributed by atoms with Crippen LogP contribution in [-0.2, 0) is 19.1 Å². The maximum absolute atomic E-state index is 11.7. The van der Waals surface area contributed by atoms with Crippen molar-refractivity contribution in [3.05, 3.63) is 28.2 Å². The Morgan fingerprint density at radius 3 is 2.38 bits per heavy atom. The van der Waals surface area contributed by atoms with Gasteiger partial charge in [-0.3, -0.25) is 19.3 Å². The molecule has 1 saturated heterocycles. The van der Waals surface area contributed by atoms with Crippen LogP contribution in [0.3, 0.4) is 0 Å². The number of rotatable bonds is 5. The third-order valence-corrected chi connectivity index (χ3v) is 3.47. The molecular formula is C14H13Cl2N3O5. The van der Waals surface area contributed by atoms with E-state index in [-0.39, 0.29) is 6.54 Å². The highest BCUT2D eigenvalue weighted by atomic mass is 35.5. The van der Waals surface area contributed by atoms with Crippen molar-refractivity contribution >= 4 is 52.7 Å². The minimum atomic E-state index is -0.869. The number of nitrogens with one attached hydrogen (secondary N) is 1. The Morgan fingerprint density at radius 2 is 1.83 bits per heavy atom. The lowest BCUT2D eigenvalue weighted by molar-refractivity contribution is -0.149. The molecule has 8 nitrogen and oxygen atoms in total. The van der Waals surface area contributed by atoms with Crippen LogP contribution in [0.4, 0.5) is 10.5 Å². The van der Waals surface area contributed by atoms with Crippen LogP contribution in [0.15, 0.2) is 18.2 Å². The first-order valence-corrected chi connectivity index (χ1v) is 7.49. The molecule has 1 aliphatic rings. The second kappa shape index (κ2) is 7.50. The molecule has 1 fully saturated rings. The zero-order valence-electron chi connectivity index (χ0n) is 12.5. The molecule has 0 aliphatic carbocycles. The lowest BCUT2D eigenvalue weighted by Gasteiger charge is -2.13. The number of hydrogen-bond donors (Lipinski definition) is 1. The Labute approximate surface area is 147 Å². The smallest absolute Gasteiger partial charge is 0.327 e. The van der Waals surface area contributed by atoms with E-state index in [0.29, 0.717) is 15.7 Å².